The minimum atomic E-state index is -0.191. The standard InChI is InChI=1S/C17H24N4O2/c1-12-5-4-8-16-19-14(10-21(12)16)9-18-17(23)20-15-7-3-2-6-13(15)11-22/h4-5,8,10,13,15,22H,2-3,6-7,9,11H2,1H3,(H2,18,20,23). The van der Waals surface area contributed by atoms with Gasteiger partial charge in [-0.1, -0.05) is 18.9 Å². The topological polar surface area (TPSA) is 78.7 Å². The highest BCUT2D eigenvalue weighted by atomic mass is 16.3. The molecule has 1 aliphatic rings. The van der Waals surface area contributed by atoms with Crippen LogP contribution in [-0.4, -0.2) is 33.2 Å². The Kier molecular flexibility index (Phi) is 4.81. The molecular formula is C17H24N4O2. The lowest BCUT2D eigenvalue weighted by Crippen LogP contribution is -2.47. The van der Waals surface area contributed by atoms with E-state index in [1.807, 2.05) is 35.7 Å². The summed E-state index contributed by atoms with van der Waals surface area (Å²) in [5, 5.41) is 15.3. The largest absolute Gasteiger partial charge is 0.396 e. The van der Waals surface area contributed by atoms with Gasteiger partial charge in [-0.2, -0.15) is 0 Å². The molecule has 6 heteroatoms. The molecule has 2 heterocycles. The Hall–Kier alpha value is -2.08. The number of aryl methyl sites for hydroxylation is 1. The number of aliphatic hydroxyl groups excluding tert-OH is 1. The lowest BCUT2D eigenvalue weighted by atomic mass is 9.85. The summed E-state index contributed by atoms with van der Waals surface area (Å²) in [5.74, 6) is 0.173. The third kappa shape index (κ3) is 3.64. The van der Waals surface area contributed by atoms with Crippen LogP contribution in [0.3, 0.4) is 0 Å². The van der Waals surface area contributed by atoms with Crippen molar-refractivity contribution in [2.45, 2.75) is 45.2 Å². The predicted octanol–water partition coefficient (Wildman–Crippen LogP) is 1.99. The van der Waals surface area contributed by atoms with Crippen LogP contribution in [0.25, 0.3) is 5.65 Å². The minimum absolute atomic E-state index is 0.0667. The Morgan fingerprint density at radius 3 is 3.00 bits per heavy atom. The zero-order valence-corrected chi connectivity index (χ0v) is 13.5. The number of urea groups is 1. The highest BCUT2D eigenvalue weighted by Crippen LogP contribution is 2.23. The van der Waals surface area contributed by atoms with E-state index < -0.39 is 0 Å². The number of rotatable bonds is 4. The number of nitrogens with zero attached hydrogens (tertiary/aromatic N) is 2. The van der Waals surface area contributed by atoms with Gasteiger partial charge in [-0.15, -0.1) is 0 Å². The van der Waals surface area contributed by atoms with Gasteiger partial charge < -0.3 is 20.1 Å². The van der Waals surface area contributed by atoms with Crippen molar-refractivity contribution in [2.24, 2.45) is 5.92 Å². The minimum Gasteiger partial charge on any atom is -0.396 e. The molecule has 2 atom stereocenters. The predicted molar refractivity (Wildman–Crippen MR) is 88.1 cm³/mol. The molecule has 0 radical (unpaired) electrons. The normalized spacial score (nSPS) is 21.3. The second kappa shape index (κ2) is 7.00. The first-order valence-corrected chi connectivity index (χ1v) is 8.26. The zero-order chi connectivity index (χ0) is 16.2. The van der Waals surface area contributed by atoms with Crippen LogP contribution in [0.2, 0.25) is 0 Å². The van der Waals surface area contributed by atoms with Crippen molar-refractivity contribution in [3.63, 3.8) is 0 Å². The van der Waals surface area contributed by atoms with Gasteiger partial charge in [0.25, 0.3) is 0 Å². The third-order valence-electron chi connectivity index (χ3n) is 4.64. The van der Waals surface area contributed by atoms with E-state index in [1.165, 1.54) is 0 Å². The van der Waals surface area contributed by atoms with Gasteiger partial charge in [0.1, 0.15) is 5.65 Å². The fourth-order valence-electron chi connectivity index (χ4n) is 3.29. The molecule has 0 aliphatic heterocycles. The maximum absolute atomic E-state index is 12.1. The maximum atomic E-state index is 12.1. The number of amides is 2. The summed E-state index contributed by atoms with van der Waals surface area (Å²) in [4.78, 5) is 16.6. The van der Waals surface area contributed by atoms with E-state index in [-0.39, 0.29) is 24.6 Å². The number of imidazole rings is 1. The van der Waals surface area contributed by atoms with Gasteiger partial charge in [0.05, 0.1) is 12.2 Å². The van der Waals surface area contributed by atoms with E-state index in [4.69, 9.17) is 0 Å². The van der Waals surface area contributed by atoms with Crippen LogP contribution in [0, 0.1) is 12.8 Å². The molecule has 1 aliphatic carbocycles. The molecule has 2 unspecified atom stereocenters. The molecule has 2 aromatic heterocycles. The quantitative estimate of drug-likeness (QED) is 0.807. The monoisotopic (exact) mass is 316 g/mol. The SMILES string of the molecule is Cc1cccc2nc(CNC(=O)NC3CCCCC3CO)cn12. The van der Waals surface area contributed by atoms with Crippen LogP contribution < -0.4 is 10.6 Å². The molecule has 0 saturated heterocycles. The summed E-state index contributed by atoms with van der Waals surface area (Å²) in [5.41, 5.74) is 2.82. The van der Waals surface area contributed by atoms with Crippen molar-refractivity contribution in [3.8, 4) is 0 Å². The van der Waals surface area contributed by atoms with Crippen LogP contribution in [-0.2, 0) is 6.54 Å². The van der Waals surface area contributed by atoms with Gasteiger partial charge in [0, 0.05) is 30.5 Å². The molecule has 2 amide bonds. The molecule has 1 saturated carbocycles. The van der Waals surface area contributed by atoms with Gasteiger partial charge in [-0.3, -0.25) is 0 Å². The Balaban J connectivity index is 1.56. The average Bonchev–Trinajstić information content (AvgIpc) is 2.98. The fourth-order valence-corrected chi connectivity index (χ4v) is 3.29. The van der Waals surface area contributed by atoms with Gasteiger partial charge >= 0.3 is 6.03 Å². The van der Waals surface area contributed by atoms with Crippen molar-refractivity contribution in [2.75, 3.05) is 6.61 Å². The smallest absolute Gasteiger partial charge is 0.315 e. The molecule has 23 heavy (non-hydrogen) atoms. The van der Waals surface area contributed by atoms with E-state index in [1.54, 1.807) is 0 Å². The number of carbonyl (C=O) groups is 1. The first-order chi connectivity index (χ1) is 11.2. The maximum Gasteiger partial charge on any atom is 0.315 e. The summed E-state index contributed by atoms with van der Waals surface area (Å²) < 4.78 is 2.01. The van der Waals surface area contributed by atoms with E-state index in [0.29, 0.717) is 6.54 Å². The first kappa shape index (κ1) is 15.8. The summed E-state index contributed by atoms with van der Waals surface area (Å²) in [7, 11) is 0. The molecule has 124 valence electrons. The number of nitrogens with one attached hydrogen (secondary N) is 2. The van der Waals surface area contributed by atoms with Gasteiger partial charge in [0.15, 0.2) is 0 Å². The molecule has 0 bridgehead atoms. The Labute approximate surface area is 135 Å². The summed E-state index contributed by atoms with van der Waals surface area (Å²) in [6.45, 7) is 2.55. The van der Waals surface area contributed by atoms with Crippen LogP contribution in [0.1, 0.15) is 37.1 Å². The Bertz CT molecular complexity index is 682. The van der Waals surface area contributed by atoms with Crippen molar-refractivity contribution in [1.29, 1.82) is 0 Å². The second-order valence-corrected chi connectivity index (χ2v) is 6.29. The van der Waals surface area contributed by atoms with Gasteiger partial charge in [-0.25, -0.2) is 9.78 Å². The molecule has 1 fully saturated rings. The lowest BCUT2D eigenvalue weighted by Gasteiger charge is -2.30. The van der Waals surface area contributed by atoms with E-state index in [0.717, 1.165) is 42.7 Å². The van der Waals surface area contributed by atoms with Crippen LogP contribution in [0.5, 0.6) is 0 Å². The average molecular weight is 316 g/mol. The first-order valence-electron chi connectivity index (χ1n) is 8.26. The molecule has 2 aromatic rings. The second-order valence-electron chi connectivity index (χ2n) is 6.29. The van der Waals surface area contributed by atoms with Crippen LogP contribution in [0.15, 0.2) is 24.4 Å². The molecule has 0 aromatic carbocycles. The number of hydrogen-bond donors (Lipinski definition) is 3. The summed E-state index contributed by atoms with van der Waals surface area (Å²) in [6, 6.07) is 5.82. The Morgan fingerprint density at radius 2 is 2.22 bits per heavy atom. The third-order valence-corrected chi connectivity index (χ3v) is 4.64. The van der Waals surface area contributed by atoms with Crippen molar-refractivity contribution < 1.29 is 9.90 Å². The van der Waals surface area contributed by atoms with E-state index >= 15 is 0 Å². The molecule has 0 spiro atoms. The number of aliphatic hydroxyl groups is 1. The molecule has 3 N–H and O–H groups in total. The van der Waals surface area contributed by atoms with Crippen molar-refractivity contribution in [1.82, 2.24) is 20.0 Å². The fraction of sp³-hybridized carbons (Fsp3) is 0.529. The summed E-state index contributed by atoms with van der Waals surface area (Å²) in [6.07, 6.45) is 6.10. The number of fused-ring (bicyclic) bond motifs is 1. The molecule has 6 nitrogen and oxygen atoms in total. The number of pyridine rings is 1. The number of carbonyl (C=O) groups excluding carboxylic acids is 1. The molecular weight excluding hydrogens is 292 g/mol. The van der Waals surface area contributed by atoms with Crippen LogP contribution in [0.4, 0.5) is 4.79 Å². The summed E-state index contributed by atoms with van der Waals surface area (Å²) >= 11 is 0. The van der Waals surface area contributed by atoms with Crippen molar-refractivity contribution >= 4 is 11.7 Å². The highest BCUT2D eigenvalue weighted by molar-refractivity contribution is 5.74. The van der Waals surface area contributed by atoms with E-state index in [2.05, 4.69) is 15.6 Å². The van der Waals surface area contributed by atoms with Gasteiger partial charge in [-0.05, 0) is 31.9 Å². The van der Waals surface area contributed by atoms with Crippen molar-refractivity contribution in [3.05, 3.63) is 35.8 Å². The Morgan fingerprint density at radius 1 is 1.39 bits per heavy atom. The number of aromatic nitrogens is 2. The zero-order valence-electron chi connectivity index (χ0n) is 13.5. The lowest BCUT2D eigenvalue weighted by molar-refractivity contribution is 0.153. The molecule has 3 rings (SSSR count). The van der Waals surface area contributed by atoms with Crippen LogP contribution >= 0.6 is 0 Å². The van der Waals surface area contributed by atoms with Gasteiger partial charge in [0.2, 0.25) is 0 Å². The van der Waals surface area contributed by atoms with E-state index in [9.17, 15) is 9.90 Å². The number of hydrogen-bond acceptors (Lipinski definition) is 3. The highest BCUT2D eigenvalue weighted by Gasteiger charge is 2.25.